The number of nitrogens with zero attached hydrogens (tertiary/aromatic N) is 2. The summed E-state index contributed by atoms with van der Waals surface area (Å²) < 4.78 is 62.7. The van der Waals surface area contributed by atoms with Crippen molar-refractivity contribution in [3.8, 4) is 0 Å². The maximum atomic E-state index is 13.3. The van der Waals surface area contributed by atoms with Crippen molar-refractivity contribution in [1.82, 2.24) is 9.62 Å². The number of ether oxygens (including phenoxy) is 1. The van der Waals surface area contributed by atoms with Crippen molar-refractivity contribution in [1.29, 1.82) is 0 Å². The lowest BCUT2D eigenvalue weighted by Crippen LogP contribution is -2.43. The molecule has 0 amide bonds. The largest absolute Gasteiger partial charge is 0.385 e. The SMILES string of the molecule is CC/C=C\C/C=C\C/C=C\C/C=C\C/C=C\C/C=C\CCC=NS(=O)(=O)c1cc2c(s1)S(=O)(=O)N(CCCOC)C[C@@H]2NCC. The lowest BCUT2D eigenvalue weighted by Gasteiger charge is -2.32. The van der Waals surface area contributed by atoms with Gasteiger partial charge in [-0.1, -0.05) is 86.8 Å². The number of sulfonamides is 2. The van der Waals surface area contributed by atoms with Crippen LogP contribution >= 0.6 is 11.3 Å². The molecule has 1 aromatic heterocycles. The van der Waals surface area contributed by atoms with Crippen LogP contribution in [-0.4, -0.2) is 60.7 Å². The van der Waals surface area contributed by atoms with Gasteiger partial charge in [0.1, 0.15) is 8.42 Å². The van der Waals surface area contributed by atoms with E-state index in [1.54, 1.807) is 7.11 Å². The first-order valence-electron chi connectivity index (χ1n) is 15.8. The first-order valence-corrected chi connectivity index (χ1v) is 19.5. The van der Waals surface area contributed by atoms with Gasteiger partial charge in [-0.05, 0) is 70.4 Å². The molecule has 0 unspecified atom stereocenters. The fourth-order valence-electron chi connectivity index (χ4n) is 4.49. The third-order valence-electron chi connectivity index (χ3n) is 6.77. The monoisotopic (exact) mass is 677 g/mol. The number of nitrogens with one attached hydrogen (secondary N) is 1. The Bertz CT molecular complexity index is 1420. The number of likely N-dealkylation sites (N-methyl/N-ethyl adjacent to an activating group) is 1. The molecule has 1 atom stereocenters. The van der Waals surface area contributed by atoms with Gasteiger partial charge >= 0.3 is 0 Å². The second-order valence-corrected chi connectivity index (χ2v) is 15.4. The van der Waals surface area contributed by atoms with Crippen LogP contribution in [0.5, 0.6) is 0 Å². The molecule has 11 heteroatoms. The van der Waals surface area contributed by atoms with Crippen LogP contribution < -0.4 is 5.32 Å². The molecule has 1 aliphatic heterocycles. The molecule has 0 saturated carbocycles. The summed E-state index contributed by atoms with van der Waals surface area (Å²) in [7, 11) is -6.22. The van der Waals surface area contributed by atoms with E-state index in [4.69, 9.17) is 4.74 Å². The van der Waals surface area contributed by atoms with Crippen molar-refractivity contribution in [3.63, 3.8) is 0 Å². The molecule has 250 valence electrons. The third-order valence-corrected chi connectivity index (χ3v) is 12.0. The number of unbranched alkanes of at least 4 members (excludes halogenated alkanes) is 1. The number of thiophene rings is 1. The van der Waals surface area contributed by atoms with Gasteiger partial charge in [0.15, 0.2) is 0 Å². The molecule has 1 aliphatic rings. The molecule has 1 aromatic rings. The zero-order valence-electron chi connectivity index (χ0n) is 27.0. The van der Waals surface area contributed by atoms with Gasteiger partial charge in [0.25, 0.3) is 20.0 Å². The van der Waals surface area contributed by atoms with Crippen molar-refractivity contribution < 1.29 is 21.6 Å². The van der Waals surface area contributed by atoms with E-state index in [2.05, 4.69) is 77.4 Å². The molecule has 0 aliphatic carbocycles. The van der Waals surface area contributed by atoms with Crippen LogP contribution in [0, 0.1) is 0 Å². The Morgan fingerprint density at radius 2 is 1.47 bits per heavy atom. The van der Waals surface area contributed by atoms with E-state index in [0.717, 1.165) is 49.9 Å². The summed E-state index contributed by atoms with van der Waals surface area (Å²) in [5.74, 6) is 0. The molecular weight excluding hydrogens is 627 g/mol. The molecule has 45 heavy (non-hydrogen) atoms. The average molecular weight is 678 g/mol. The Balaban J connectivity index is 1.76. The van der Waals surface area contributed by atoms with Gasteiger partial charge in [-0.25, -0.2) is 8.42 Å². The van der Waals surface area contributed by atoms with E-state index in [-0.39, 0.29) is 21.0 Å². The molecular formula is C34H51N3O5S3. The zero-order valence-corrected chi connectivity index (χ0v) is 29.5. The second kappa shape index (κ2) is 22.2. The highest BCUT2D eigenvalue weighted by Gasteiger charge is 2.39. The Kier molecular flexibility index (Phi) is 19.1. The van der Waals surface area contributed by atoms with E-state index in [1.165, 1.54) is 16.6 Å². The van der Waals surface area contributed by atoms with Crippen LogP contribution in [0.3, 0.4) is 0 Å². The van der Waals surface area contributed by atoms with Gasteiger partial charge in [-0.15, -0.1) is 11.3 Å². The summed E-state index contributed by atoms with van der Waals surface area (Å²) in [5, 5.41) is 3.29. The Morgan fingerprint density at radius 3 is 2.00 bits per heavy atom. The van der Waals surface area contributed by atoms with Crippen LogP contribution in [0.2, 0.25) is 0 Å². The van der Waals surface area contributed by atoms with Crippen molar-refractivity contribution in [2.75, 3.05) is 33.4 Å². The van der Waals surface area contributed by atoms with E-state index in [1.807, 2.05) is 19.1 Å². The maximum absolute atomic E-state index is 13.3. The second-order valence-electron chi connectivity index (χ2n) is 10.4. The van der Waals surface area contributed by atoms with Crippen molar-refractivity contribution in [2.24, 2.45) is 4.40 Å². The average Bonchev–Trinajstić information content (AvgIpc) is 3.49. The summed E-state index contributed by atoms with van der Waals surface area (Å²) in [6.45, 7) is 5.71. The highest BCUT2D eigenvalue weighted by molar-refractivity contribution is 7.94. The van der Waals surface area contributed by atoms with Crippen LogP contribution in [0.25, 0.3) is 0 Å². The Labute approximate surface area is 276 Å². The summed E-state index contributed by atoms with van der Waals surface area (Å²) in [6, 6.07) is 1.18. The molecule has 1 N–H and O–H groups in total. The van der Waals surface area contributed by atoms with E-state index in [9.17, 15) is 16.8 Å². The minimum Gasteiger partial charge on any atom is -0.385 e. The molecule has 0 bridgehead atoms. The lowest BCUT2D eigenvalue weighted by atomic mass is 10.1. The first kappa shape index (κ1) is 38.8. The molecule has 0 radical (unpaired) electrons. The van der Waals surface area contributed by atoms with Gasteiger partial charge in [-0.3, -0.25) is 0 Å². The van der Waals surface area contributed by atoms with Gasteiger partial charge in [0.05, 0.1) is 0 Å². The predicted molar refractivity (Wildman–Crippen MR) is 189 cm³/mol. The fraction of sp³-hybridized carbons (Fsp3) is 0.500. The minimum absolute atomic E-state index is 0.0529. The molecule has 0 aromatic carbocycles. The van der Waals surface area contributed by atoms with Crippen LogP contribution in [0.4, 0.5) is 0 Å². The molecule has 2 rings (SSSR count). The first-order chi connectivity index (χ1) is 21.8. The van der Waals surface area contributed by atoms with Gasteiger partial charge in [0, 0.05) is 44.6 Å². The number of fused-ring (bicyclic) bond motifs is 1. The van der Waals surface area contributed by atoms with Crippen molar-refractivity contribution in [2.45, 2.75) is 86.1 Å². The highest BCUT2D eigenvalue weighted by atomic mass is 32.3. The number of hydrogen-bond acceptors (Lipinski definition) is 7. The molecule has 0 spiro atoms. The van der Waals surface area contributed by atoms with Crippen molar-refractivity contribution in [3.05, 3.63) is 84.5 Å². The van der Waals surface area contributed by atoms with Gasteiger partial charge < -0.3 is 10.1 Å². The quantitative estimate of drug-likeness (QED) is 0.0767. The zero-order chi connectivity index (χ0) is 32.8. The molecule has 0 saturated heterocycles. The predicted octanol–water partition coefficient (Wildman–Crippen LogP) is 7.68. The van der Waals surface area contributed by atoms with E-state index in [0.29, 0.717) is 44.5 Å². The number of allylic oxidation sites excluding steroid dienone is 12. The number of methoxy groups -OCH3 is 1. The highest BCUT2D eigenvalue weighted by Crippen LogP contribution is 2.40. The topological polar surface area (TPSA) is 105 Å². The van der Waals surface area contributed by atoms with Gasteiger partial charge in [0.2, 0.25) is 0 Å². The maximum Gasteiger partial charge on any atom is 0.291 e. The van der Waals surface area contributed by atoms with E-state index >= 15 is 0 Å². The third kappa shape index (κ3) is 14.3. The van der Waals surface area contributed by atoms with Gasteiger partial charge in [-0.2, -0.15) is 17.1 Å². The summed E-state index contributed by atoms with van der Waals surface area (Å²) in [5.41, 5.74) is 0.497. The molecule has 0 fully saturated rings. The summed E-state index contributed by atoms with van der Waals surface area (Å²) >= 11 is 0.777. The fourth-order valence-corrected chi connectivity index (χ4v) is 9.27. The lowest BCUT2D eigenvalue weighted by molar-refractivity contribution is 0.185. The Morgan fingerprint density at radius 1 is 0.911 bits per heavy atom. The van der Waals surface area contributed by atoms with Crippen LogP contribution in [0.15, 0.2) is 91.8 Å². The van der Waals surface area contributed by atoms with Crippen LogP contribution in [-0.2, 0) is 24.8 Å². The standard InChI is InChI=1S/C34H51N3O5S3/c1-4-6-7-8-9-10-11-12-13-14-15-16-17-18-19-20-21-22-23-24-26-36-44(38,39)33-29-31-32(35-5-2)30-37(27-25-28-42-3)45(40,41)34(31)43-33/h6-7,9-10,12-13,15-16,18-19,21-22,26,29,32,35H,4-5,8,11,14,17,20,23-25,27-28,30H2,1-3H3/b7-6-,10-9-,13-12-,16-15-,19-18-,22-21-,36-26?/t32-/m0/s1. The summed E-state index contributed by atoms with van der Waals surface area (Å²) in [4.78, 5) is 0. The van der Waals surface area contributed by atoms with E-state index < -0.39 is 20.0 Å². The number of hydrogen-bond donors (Lipinski definition) is 1. The number of rotatable bonds is 22. The summed E-state index contributed by atoms with van der Waals surface area (Å²) in [6.07, 6.45) is 34.5. The molecule has 8 nitrogen and oxygen atoms in total. The molecule has 2 heterocycles. The smallest absolute Gasteiger partial charge is 0.291 e. The van der Waals surface area contributed by atoms with Crippen LogP contribution in [0.1, 0.15) is 83.2 Å². The minimum atomic E-state index is -4.00. The van der Waals surface area contributed by atoms with Crippen molar-refractivity contribution >= 4 is 37.6 Å². The Hall–Kier alpha value is -2.41. The normalized spacial score (nSPS) is 18.0.